The lowest BCUT2D eigenvalue weighted by atomic mass is 9.99. The van der Waals surface area contributed by atoms with Gasteiger partial charge in [-0.2, -0.15) is 0 Å². The van der Waals surface area contributed by atoms with Crippen molar-refractivity contribution in [2.24, 2.45) is 0 Å². The molecule has 0 aliphatic carbocycles. The van der Waals surface area contributed by atoms with Crippen LogP contribution < -0.4 is 10.2 Å². The monoisotopic (exact) mass is 550 g/mol. The topological polar surface area (TPSA) is 254 Å². The number of esters is 1. The molecule has 208 valence electrons. The number of benzene rings is 2. The Morgan fingerprint density at radius 3 is 2.28 bits per heavy atom. The first-order chi connectivity index (χ1) is 18.4. The van der Waals surface area contributed by atoms with Gasteiger partial charge in [-0.15, -0.1) is 0 Å². The Kier molecular flexibility index (Phi) is 7.51. The van der Waals surface area contributed by atoms with Gasteiger partial charge in [0.05, 0.1) is 0 Å². The van der Waals surface area contributed by atoms with Crippen molar-refractivity contribution >= 4 is 22.9 Å². The molecule has 15 heteroatoms. The van der Waals surface area contributed by atoms with Crippen LogP contribution in [-0.4, -0.2) is 90.1 Å². The van der Waals surface area contributed by atoms with Crippen LogP contribution in [0.4, 0.5) is 0 Å². The fourth-order valence-corrected chi connectivity index (χ4v) is 3.85. The van der Waals surface area contributed by atoms with Crippen molar-refractivity contribution in [2.75, 3.05) is 6.61 Å². The molecule has 0 saturated carbocycles. The first kappa shape index (κ1) is 27.5. The molecule has 2 unspecified atom stereocenters. The zero-order chi connectivity index (χ0) is 28.6. The minimum atomic E-state index is -1.99. The lowest BCUT2D eigenvalue weighted by Crippen LogP contribution is -2.60. The van der Waals surface area contributed by atoms with Gasteiger partial charge in [0.15, 0.2) is 17.3 Å². The van der Waals surface area contributed by atoms with Gasteiger partial charge in [0.25, 0.3) is 0 Å². The normalized spacial score (nSPS) is 22.9. The Labute approximate surface area is 216 Å². The van der Waals surface area contributed by atoms with Crippen molar-refractivity contribution in [2.45, 2.75) is 37.1 Å². The number of carboxylic acid groups (broad SMARTS) is 1. The van der Waals surface area contributed by atoms with Crippen molar-refractivity contribution in [3.05, 3.63) is 40.6 Å². The fraction of sp³-hybridized carbons (Fsp3) is 0.292. The van der Waals surface area contributed by atoms with Crippen LogP contribution >= 0.6 is 0 Å². The standard InChI is InChI=1S/C24H22O15/c25-9-4-12(28)17-13(5-9)37-22(8-1-2-10(26)11(27)3-8)23(19(17)33)39-24-21(35)20(34)18(32)14(38-24)7-36-16(31)6-15(29)30/h1-5,14,18,20-21,24-28,32,34-35H,6-7H2,(H,29,30)/t14?,18-,20?,21+,24+/m1/s1. The van der Waals surface area contributed by atoms with Crippen molar-refractivity contribution in [3.63, 3.8) is 0 Å². The van der Waals surface area contributed by atoms with Gasteiger partial charge in [0.2, 0.25) is 17.5 Å². The van der Waals surface area contributed by atoms with Gasteiger partial charge in [-0.25, -0.2) is 0 Å². The van der Waals surface area contributed by atoms with Crippen molar-refractivity contribution in [1.29, 1.82) is 0 Å². The molecular weight excluding hydrogens is 528 g/mol. The summed E-state index contributed by atoms with van der Waals surface area (Å²) in [6.07, 6.45) is -10.2. The number of aliphatic hydroxyl groups is 3. The van der Waals surface area contributed by atoms with E-state index in [0.717, 1.165) is 24.3 Å². The maximum Gasteiger partial charge on any atom is 0.317 e. The van der Waals surface area contributed by atoms with Crippen molar-refractivity contribution < 1.29 is 69.1 Å². The zero-order valence-electron chi connectivity index (χ0n) is 19.6. The second-order valence-electron chi connectivity index (χ2n) is 8.52. The molecule has 4 rings (SSSR count). The second-order valence-corrected chi connectivity index (χ2v) is 8.52. The van der Waals surface area contributed by atoms with E-state index in [4.69, 9.17) is 23.7 Å². The third-order valence-corrected chi connectivity index (χ3v) is 5.76. The predicted octanol–water partition coefficient (Wildman–Crippen LogP) is -0.513. The molecule has 8 N–H and O–H groups in total. The molecule has 3 aromatic rings. The Hall–Kier alpha value is -4.57. The van der Waals surface area contributed by atoms with E-state index >= 15 is 0 Å². The molecule has 5 atom stereocenters. The smallest absolute Gasteiger partial charge is 0.317 e. The van der Waals surface area contributed by atoms with Crippen LogP contribution in [-0.2, 0) is 19.1 Å². The number of fused-ring (bicyclic) bond motifs is 1. The number of aromatic hydroxyl groups is 4. The molecule has 0 spiro atoms. The van der Waals surface area contributed by atoms with E-state index in [9.17, 15) is 50.1 Å². The van der Waals surface area contributed by atoms with E-state index in [1.54, 1.807) is 0 Å². The number of ether oxygens (including phenoxy) is 3. The van der Waals surface area contributed by atoms with Crippen LogP contribution in [0.5, 0.6) is 28.7 Å². The van der Waals surface area contributed by atoms with E-state index in [1.165, 1.54) is 6.07 Å². The Morgan fingerprint density at radius 1 is 0.897 bits per heavy atom. The molecule has 1 aliphatic heterocycles. The molecular formula is C24H22O15. The number of hydrogen-bond donors (Lipinski definition) is 8. The highest BCUT2D eigenvalue weighted by Crippen LogP contribution is 2.39. The molecule has 1 aromatic heterocycles. The summed E-state index contributed by atoms with van der Waals surface area (Å²) in [5.41, 5.74) is -1.40. The predicted molar refractivity (Wildman–Crippen MR) is 125 cm³/mol. The first-order valence-electron chi connectivity index (χ1n) is 11.2. The van der Waals surface area contributed by atoms with E-state index in [-0.39, 0.29) is 11.1 Å². The molecule has 2 heterocycles. The van der Waals surface area contributed by atoms with E-state index in [1.807, 2.05) is 0 Å². The second kappa shape index (κ2) is 10.7. The summed E-state index contributed by atoms with van der Waals surface area (Å²) in [5, 5.41) is 79.0. The largest absolute Gasteiger partial charge is 0.508 e. The molecule has 0 bridgehead atoms. The Balaban J connectivity index is 1.76. The van der Waals surface area contributed by atoms with Gasteiger partial charge in [0.1, 0.15) is 59.9 Å². The zero-order valence-corrected chi connectivity index (χ0v) is 19.6. The Bertz CT molecular complexity index is 1480. The van der Waals surface area contributed by atoms with Crippen LogP contribution in [0.3, 0.4) is 0 Å². The van der Waals surface area contributed by atoms with Gasteiger partial charge >= 0.3 is 11.9 Å². The number of carbonyl (C=O) groups excluding carboxylic acids is 1. The maximum atomic E-state index is 13.4. The number of phenolic OH excluding ortho intramolecular Hbond substituents is 4. The minimum Gasteiger partial charge on any atom is -0.508 e. The van der Waals surface area contributed by atoms with Gasteiger partial charge in [-0.05, 0) is 18.2 Å². The van der Waals surface area contributed by atoms with Gasteiger partial charge in [0, 0.05) is 17.7 Å². The fourth-order valence-electron chi connectivity index (χ4n) is 3.85. The number of hydrogen-bond acceptors (Lipinski definition) is 14. The molecule has 0 amide bonds. The van der Waals surface area contributed by atoms with Crippen LogP contribution in [0.2, 0.25) is 0 Å². The number of aliphatic hydroxyl groups excluding tert-OH is 3. The summed E-state index contributed by atoms with van der Waals surface area (Å²) in [6, 6.07) is 5.14. The van der Waals surface area contributed by atoms with Crippen LogP contribution in [0.1, 0.15) is 6.42 Å². The van der Waals surface area contributed by atoms with Crippen LogP contribution in [0.15, 0.2) is 39.5 Å². The van der Waals surface area contributed by atoms with Gasteiger partial charge in [-0.1, -0.05) is 0 Å². The maximum absolute atomic E-state index is 13.4. The summed E-state index contributed by atoms with van der Waals surface area (Å²) in [7, 11) is 0. The number of carboxylic acids is 1. The highest BCUT2D eigenvalue weighted by Gasteiger charge is 2.46. The van der Waals surface area contributed by atoms with E-state index < -0.39 is 101 Å². The third kappa shape index (κ3) is 5.51. The van der Waals surface area contributed by atoms with Crippen LogP contribution in [0, 0.1) is 0 Å². The highest BCUT2D eigenvalue weighted by molar-refractivity contribution is 5.90. The quantitative estimate of drug-likeness (QED) is 0.105. The number of aliphatic carboxylic acids is 1. The van der Waals surface area contributed by atoms with E-state index in [0.29, 0.717) is 0 Å². The summed E-state index contributed by atoms with van der Waals surface area (Å²) in [5.74, 6) is -6.09. The summed E-state index contributed by atoms with van der Waals surface area (Å²) in [6.45, 7) is -0.762. The average molecular weight is 550 g/mol. The average Bonchev–Trinajstić information content (AvgIpc) is 2.85. The van der Waals surface area contributed by atoms with Gasteiger partial charge < -0.3 is 59.5 Å². The number of rotatable bonds is 7. The minimum absolute atomic E-state index is 0.0489. The number of phenols is 4. The molecule has 15 nitrogen and oxygen atoms in total. The molecule has 39 heavy (non-hydrogen) atoms. The summed E-state index contributed by atoms with van der Waals surface area (Å²) in [4.78, 5) is 35.7. The summed E-state index contributed by atoms with van der Waals surface area (Å²) < 4.78 is 21.4. The van der Waals surface area contributed by atoms with Crippen molar-refractivity contribution in [3.8, 4) is 40.1 Å². The lowest BCUT2D eigenvalue weighted by molar-refractivity contribution is -0.278. The third-order valence-electron chi connectivity index (χ3n) is 5.76. The summed E-state index contributed by atoms with van der Waals surface area (Å²) >= 11 is 0. The Morgan fingerprint density at radius 2 is 1.62 bits per heavy atom. The molecule has 2 aromatic carbocycles. The van der Waals surface area contributed by atoms with E-state index in [2.05, 4.69) is 0 Å². The number of carbonyl (C=O) groups is 2. The van der Waals surface area contributed by atoms with Gasteiger partial charge in [-0.3, -0.25) is 14.4 Å². The highest BCUT2D eigenvalue weighted by atomic mass is 16.7. The molecule has 1 saturated heterocycles. The van der Waals surface area contributed by atoms with Crippen molar-refractivity contribution in [1.82, 2.24) is 0 Å². The molecule has 1 fully saturated rings. The lowest BCUT2D eigenvalue weighted by Gasteiger charge is -2.39. The molecule has 1 aliphatic rings. The molecule has 0 radical (unpaired) electrons. The van der Waals surface area contributed by atoms with Crippen LogP contribution in [0.25, 0.3) is 22.3 Å². The SMILES string of the molecule is O=C(O)CC(=O)OCC1O[C@@H](Oc2c(-c3ccc(O)c(O)c3)oc3cc(O)cc(O)c3c2=O)[C@@H](O)C(O)[C@@H]1O. The first-order valence-corrected chi connectivity index (χ1v) is 11.2.